The first-order valence-electron chi connectivity index (χ1n) is 5.88. The molecule has 1 fully saturated rings. The quantitative estimate of drug-likeness (QED) is 0.592. The summed E-state index contributed by atoms with van der Waals surface area (Å²) in [6, 6.07) is 9.35. The van der Waals surface area contributed by atoms with E-state index >= 15 is 0 Å². The SMILES string of the molecule is O=C1CCCC1C(C[N+](=O)[O-])c1ccccc1. The zero-order valence-electron chi connectivity index (χ0n) is 9.54. The smallest absolute Gasteiger partial charge is 0.211 e. The van der Waals surface area contributed by atoms with Crippen LogP contribution in [0.25, 0.3) is 0 Å². The second-order valence-electron chi connectivity index (χ2n) is 4.50. The van der Waals surface area contributed by atoms with Crippen molar-refractivity contribution in [1.82, 2.24) is 0 Å². The molecule has 2 rings (SSSR count). The van der Waals surface area contributed by atoms with Crippen LogP contribution in [0, 0.1) is 16.0 Å². The largest absolute Gasteiger partial charge is 0.299 e. The molecule has 0 aliphatic heterocycles. The van der Waals surface area contributed by atoms with Gasteiger partial charge in [-0.15, -0.1) is 0 Å². The second kappa shape index (κ2) is 5.08. The molecule has 0 spiro atoms. The molecule has 4 heteroatoms. The van der Waals surface area contributed by atoms with Crippen LogP contribution in [0.4, 0.5) is 0 Å². The molecule has 2 unspecified atom stereocenters. The molecule has 2 atom stereocenters. The molecule has 4 nitrogen and oxygen atoms in total. The minimum Gasteiger partial charge on any atom is -0.299 e. The van der Waals surface area contributed by atoms with Crippen LogP contribution in [0.1, 0.15) is 30.7 Å². The molecule has 1 saturated carbocycles. The van der Waals surface area contributed by atoms with Crippen LogP contribution in [-0.4, -0.2) is 17.3 Å². The van der Waals surface area contributed by atoms with Gasteiger partial charge in [-0.3, -0.25) is 14.9 Å². The summed E-state index contributed by atoms with van der Waals surface area (Å²) in [7, 11) is 0. The number of benzene rings is 1. The van der Waals surface area contributed by atoms with E-state index in [1.165, 1.54) is 0 Å². The Bertz CT molecular complexity index is 416. The predicted octanol–water partition coefficient (Wildman–Crippen LogP) is 2.42. The van der Waals surface area contributed by atoms with Gasteiger partial charge in [0.1, 0.15) is 5.78 Å². The Balaban J connectivity index is 2.25. The van der Waals surface area contributed by atoms with Crippen LogP contribution in [0.5, 0.6) is 0 Å². The monoisotopic (exact) mass is 233 g/mol. The number of carbonyl (C=O) groups is 1. The van der Waals surface area contributed by atoms with Crippen LogP contribution in [-0.2, 0) is 4.79 Å². The maximum absolute atomic E-state index is 11.7. The fourth-order valence-electron chi connectivity index (χ4n) is 2.59. The number of nitrogens with zero attached hydrogens (tertiary/aromatic N) is 1. The summed E-state index contributed by atoms with van der Waals surface area (Å²) in [4.78, 5) is 22.2. The number of hydrogen-bond acceptors (Lipinski definition) is 3. The van der Waals surface area contributed by atoms with Crippen molar-refractivity contribution in [2.24, 2.45) is 5.92 Å². The lowest BCUT2D eigenvalue weighted by atomic mass is 9.84. The molecule has 0 amide bonds. The molecule has 1 aliphatic carbocycles. The number of hydrogen-bond donors (Lipinski definition) is 0. The van der Waals surface area contributed by atoms with Gasteiger partial charge in [0.15, 0.2) is 0 Å². The summed E-state index contributed by atoms with van der Waals surface area (Å²) < 4.78 is 0. The minimum atomic E-state index is -0.316. The molecule has 0 aromatic heterocycles. The van der Waals surface area contributed by atoms with Crippen molar-refractivity contribution in [2.45, 2.75) is 25.2 Å². The van der Waals surface area contributed by atoms with Gasteiger partial charge in [0.05, 0.1) is 5.92 Å². The number of Topliss-reactive ketones (excluding diaryl/α,β-unsaturated/α-hetero) is 1. The van der Waals surface area contributed by atoms with Crippen molar-refractivity contribution in [3.63, 3.8) is 0 Å². The Labute approximate surface area is 99.8 Å². The maximum atomic E-state index is 11.7. The van der Waals surface area contributed by atoms with E-state index < -0.39 is 0 Å². The Morgan fingerprint density at radius 1 is 1.35 bits per heavy atom. The molecule has 17 heavy (non-hydrogen) atoms. The Kier molecular flexibility index (Phi) is 3.52. The van der Waals surface area contributed by atoms with E-state index in [0.29, 0.717) is 6.42 Å². The number of ketones is 1. The molecule has 0 radical (unpaired) electrons. The highest BCUT2D eigenvalue weighted by molar-refractivity contribution is 5.83. The third kappa shape index (κ3) is 2.70. The van der Waals surface area contributed by atoms with Crippen molar-refractivity contribution < 1.29 is 9.72 Å². The third-order valence-electron chi connectivity index (χ3n) is 3.41. The van der Waals surface area contributed by atoms with Crippen molar-refractivity contribution in [1.29, 1.82) is 0 Å². The fourth-order valence-corrected chi connectivity index (χ4v) is 2.59. The summed E-state index contributed by atoms with van der Waals surface area (Å²) in [5.41, 5.74) is 0.907. The van der Waals surface area contributed by atoms with Gasteiger partial charge in [0.25, 0.3) is 0 Å². The van der Waals surface area contributed by atoms with Crippen LogP contribution in [0.3, 0.4) is 0 Å². The lowest BCUT2D eigenvalue weighted by Crippen LogP contribution is -2.24. The van der Waals surface area contributed by atoms with E-state index in [1.807, 2.05) is 30.3 Å². The second-order valence-corrected chi connectivity index (χ2v) is 4.50. The van der Waals surface area contributed by atoms with Gasteiger partial charge in [0, 0.05) is 17.3 Å². The van der Waals surface area contributed by atoms with Crippen molar-refractivity contribution in [3.05, 3.63) is 46.0 Å². The zero-order valence-corrected chi connectivity index (χ0v) is 9.54. The first kappa shape index (κ1) is 11.8. The molecule has 0 heterocycles. The van der Waals surface area contributed by atoms with Gasteiger partial charge in [-0.2, -0.15) is 0 Å². The van der Waals surface area contributed by atoms with E-state index in [-0.39, 0.29) is 29.1 Å². The first-order chi connectivity index (χ1) is 8.18. The Morgan fingerprint density at radius 3 is 2.59 bits per heavy atom. The topological polar surface area (TPSA) is 60.2 Å². The average molecular weight is 233 g/mol. The van der Waals surface area contributed by atoms with Crippen molar-refractivity contribution in [3.8, 4) is 0 Å². The van der Waals surface area contributed by atoms with E-state index in [0.717, 1.165) is 18.4 Å². The van der Waals surface area contributed by atoms with Gasteiger partial charge >= 0.3 is 0 Å². The molecule has 0 N–H and O–H groups in total. The molecular formula is C13H15NO3. The first-order valence-corrected chi connectivity index (χ1v) is 5.88. The summed E-state index contributed by atoms with van der Waals surface area (Å²) in [5, 5.41) is 10.7. The lowest BCUT2D eigenvalue weighted by Gasteiger charge is -2.18. The number of carbonyl (C=O) groups excluding carboxylic acids is 1. The molecule has 0 saturated heterocycles. The average Bonchev–Trinajstić information content (AvgIpc) is 2.73. The molecule has 1 aromatic rings. The van der Waals surface area contributed by atoms with E-state index in [4.69, 9.17) is 0 Å². The summed E-state index contributed by atoms with van der Waals surface area (Å²) in [6.07, 6.45) is 2.22. The molecule has 1 aromatic carbocycles. The zero-order chi connectivity index (χ0) is 12.3. The standard InChI is InChI=1S/C13H15NO3/c15-13-8-4-7-11(13)12(9-14(16)17)10-5-2-1-3-6-10/h1-3,5-6,11-12H,4,7-9H2. The van der Waals surface area contributed by atoms with Gasteiger partial charge in [-0.1, -0.05) is 30.3 Å². The number of rotatable bonds is 4. The molecule has 0 bridgehead atoms. The molecular weight excluding hydrogens is 218 g/mol. The summed E-state index contributed by atoms with van der Waals surface area (Å²) >= 11 is 0. The Hall–Kier alpha value is -1.71. The van der Waals surface area contributed by atoms with Crippen LogP contribution in [0.2, 0.25) is 0 Å². The van der Waals surface area contributed by atoms with Crippen LogP contribution in [0.15, 0.2) is 30.3 Å². The summed E-state index contributed by atoms with van der Waals surface area (Å²) in [6.45, 7) is -0.152. The highest BCUT2D eigenvalue weighted by Crippen LogP contribution is 2.35. The normalized spacial score (nSPS) is 21.4. The molecule has 90 valence electrons. The molecule has 1 aliphatic rings. The maximum Gasteiger partial charge on any atom is 0.211 e. The minimum absolute atomic E-state index is 0.152. The van der Waals surface area contributed by atoms with Gasteiger partial charge < -0.3 is 0 Å². The van der Waals surface area contributed by atoms with E-state index in [1.54, 1.807) is 0 Å². The van der Waals surface area contributed by atoms with E-state index in [2.05, 4.69) is 0 Å². The van der Waals surface area contributed by atoms with Gasteiger partial charge in [-0.05, 0) is 18.4 Å². The van der Waals surface area contributed by atoms with Crippen molar-refractivity contribution >= 4 is 5.78 Å². The predicted molar refractivity (Wildman–Crippen MR) is 63.4 cm³/mol. The Morgan fingerprint density at radius 2 is 2.06 bits per heavy atom. The van der Waals surface area contributed by atoms with Crippen molar-refractivity contribution in [2.75, 3.05) is 6.54 Å². The third-order valence-corrected chi connectivity index (χ3v) is 3.41. The van der Waals surface area contributed by atoms with Crippen LogP contribution >= 0.6 is 0 Å². The fraction of sp³-hybridized carbons (Fsp3) is 0.462. The lowest BCUT2D eigenvalue weighted by molar-refractivity contribution is -0.484. The number of nitro groups is 1. The summed E-state index contributed by atoms with van der Waals surface area (Å²) in [5.74, 6) is -0.246. The van der Waals surface area contributed by atoms with E-state index in [9.17, 15) is 14.9 Å². The van der Waals surface area contributed by atoms with Gasteiger partial charge in [-0.25, -0.2) is 0 Å². The van der Waals surface area contributed by atoms with Gasteiger partial charge in [0.2, 0.25) is 6.54 Å². The highest BCUT2D eigenvalue weighted by Gasteiger charge is 2.35. The highest BCUT2D eigenvalue weighted by atomic mass is 16.6. The van der Waals surface area contributed by atoms with Crippen LogP contribution < -0.4 is 0 Å².